The van der Waals surface area contributed by atoms with Crippen LogP contribution in [0.4, 0.5) is 0 Å². The van der Waals surface area contributed by atoms with Crippen molar-refractivity contribution in [2.45, 2.75) is 33.9 Å². The number of rotatable bonds is 9. The first kappa shape index (κ1) is 21.2. The van der Waals surface area contributed by atoms with Crippen LogP contribution in [0, 0.1) is 5.92 Å². The third-order valence-electron chi connectivity index (χ3n) is 3.67. The van der Waals surface area contributed by atoms with Gasteiger partial charge in [0, 0.05) is 22.2 Å². The molecule has 26 heavy (non-hydrogen) atoms. The zero-order valence-corrected chi connectivity index (χ0v) is 17.5. The molecule has 0 saturated carbocycles. The lowest BCUT2D eigenvalue weighted by Gasteiger charge is -2.17. The minimum Gasteiger partial charge on any atom is -0.490 e. The summed E-state index contributed by atoms with van der Waals surface area (Å²) in [7, 11) is 0. The zero-order chi connectivity index (χ0) is 19.1. The summed E-state index contributed by atoms with van der Waals surface area (Å²) in [5.41, 5.74) is 1.76. The Morgan fingerprint density at radius 3 is 2.31 bits per heavy atom. The summed E-state index contributed by atoms with van der Waals surface area (Å²) >= 11 is 18.9. The van der Waals surface area contributed by atoms with Crippen LogP contribution < -0.4 is 14.8 Å². The van der Waals surface area contributed by atoms with Gasteiger partial charge in [-0.05, 0) is 49.2 Å². The number of ether oxygens (including phenoxy) is 2. The van der Waals surface area contributed by atoms with Gasteiger partial charge < -0.3 is 14.8 Å². The Morgan fingerprint density at radius 2 is 1.69 bits per heavy atom. The largest absolute Gasteiger partial charge is 0.490 e. The Bertz CT molecular complexity index is 715. The molecule has 3 nitrogen and oxygen atoms in total. The highest BCUT2D eigenvalue weighted by Gasteiger charge is 2.15. The lowest BCUT2D eigenvalue weighted by molar-refractivity contribution is 0.269. The molecule has 2 aromatic rings. The molecule has 0 fully saturated rings. The highest BCUT2D eigenvalue weighted by Crippen LogP contribution is 2.38. The highest BCUT2D eigenvalue weighted by atomic mass is 35.5. The second-order valence-corrected chi connectivity index (χ2v) is 7.57. The standard InChI is InChI=1S/C20H24Cl3NO2/c1-4-25-19-9-14(11-24-10-13(2)3)8-18(23)20(19)26-12-15-16(21)6-5-7-17(15)22/h5-9,13,24H,4,10-12H2,1-3H3. The maximum Gasteiger partial charge on any atom is 0.180 e. The summed E-state index contributed by atoms with van der Waals surface area (Å²) in [6.07, 6.45) is 0. The molecule has 2 aromatic carbocycles. The SMILES string of the molecule is CCOc1cc(CNCC(C)C)cc(Cl)c1OCc1c(Cl)cccc1Cl. The highest BCUT2D eigenvalue weighted by molar-refractivity contribution is 6.36. The van der Waals surface area contributed by atoms with Gasteiger partial charge in [-0.3, -0.25) is 0 Å². The number of halogens is 3. The van der Waals surface area contributed by atoms with Crippen LogP contribution in [0.2, 0.25) is 15.1 Å². The predicted octanol–water partition coefficient (Wildman–Crippen LogP) is 6.37. The molecule has 0 saturated heterocycles. The van der Waals surface area contributed by atoms with Crippen molar-refractivity contribution in [3.05, 3.63) is 56.5 Å². The number of nitrogens with one attached hydrogen (secondary N) is 1. The molecule has 0 aliphatic carbocycles. The molecule has 2 rings (SSSR count). The molecule has 0 atom stereocenters. The fourth-order valence-corrected chi connectivity index (χ4v) is 3.24. The van der Waals surface area contributed by atoms with Gasteiger partial charge in [0.1, 0.15) is 6.61 Å². The lowest BCUT2D eigenvalue weighted by Crippen LogP contribution is -2.19. The first-order chi connectivity index (χ1) is 12.4. The second-order valence-electron chi connectivity index (χ2n) is 6.35. The molecule has 0 bridgehead atoms. The molecule has 1 N–H and O–H groups in total. The van der Waals surface area contributed by atoms with Crippen molar-refractivity contribution in [1.29, 1.82) is 0 Å². The van der Waals surface area contributed by atoms with E-state index in [0.29, 0.717) is 45.6 Å². The van der Waals surface area contributed by atoms with Gasteiger partial charge in [-0.1, -0.05) is 54.7 Å². The minimum absolute atomic E-state index is 0.212. The van der Waals surface area contributed by atoms with E-state index in [1.165, 1.54) is 0 Å². The fraction of sp³-hybridized carbons (Fsp3) is 0.400. The van der Waals surface area contributed by atoms with Crippen LogP contribution in [0.5, 0.6) is 11.5 Å². The van der Waals surface area contributed by atoms with E-state index in [-0.39, 0.29) is 6.61 Å². The van der Waals surface area contributed by atoms with Crippen LogP contribution in [0.1, 0.15) is 31.9 Å². The van der Waals surface area contributed by atoms with Crippen LogP contribution >= 0.6 is 34.8 Å². The quantitative estimate of drug-likeness (QED) is 0.515. The summed E-state index contributed by atoms with van der Waals surface area (Å²) in [6, 6.07) is 9.19. The summed E-state index contributed by atoms with van der Waals surface area (Å²) in [4.78, 5) is 0. The van der Waals surface area contributed by atoms with E-state index in [1.807, 2.05) is 19.1 Å². The molecular formula is C20H24Cl3NO2. The zero-order valence-electron chi connectivity index (χ0n) is 15.2. The first-order valence-corrected chi connectivity index (χ1v) is 9.77. The van der Waals surface area contributed by atoms with Gasteiger partial charge in [0.25, 0.3) is 0 Å². The number of hydrogen-bond donors (Lipinski definition) is 1. The van der Waals surface area contributed by atoms with Gasteiger partial charge in [-0.15, -0.1) is 0 Å². The van der Waals surface area contributed by atoms with Crippen LogP contribution in [-0.4, -0.2) is 13.2 Å². The minimum atomic E-state index is 0.212. The summed E-state index contributed by atoms with van der Waals surface area (Å²) in [5, 5.41) is 5.01. The number of hydrogen-bond acceptors (Lipinski definition) is 3. The first-order valence-electron chi connectivity index (χ1n) is 8.64. The monoisotopic (exact) mass is 415 g/mol. The van der Waals surface area contributed by atoms with Gasteiger partial charge in [0.2, 0.25) is 0 Å². The molecule has 0 radical (unpaired) electrons. The molecule has 0 aliphatic heterocycles. The van der Waals surface area contributed by atoms with Crippen LogP contribution in [0.15, 0.2) is 30.3 Å². The molecular weight excluding hydrogens is 393 g/mol. The smallest absolute Gasteiger partial charge is 0.180 e. The van der Waals surface area contributed by atoms with Crippen molar-refractivity contribution in [2.75, 3.05) is 13.2 Å². The van der Waals surface area contributed by atoms with Gasteiger partial charge in [0.05, 0.1) is 11.6 Å². The van der Waals surface area contributed by atoms with Gasteiger partial charge in [-0.2, -0.15) is 0 Å². The molecule has 0 amide bonds. The van der Waals surface area contributed by atoms with E-state index in [1.54, 1.807) is 18.2 Å². The normalized spacial score (nSPS) is 11.0. The summed E-state index contributed by atoms with van der Waals surface area (Å²) in [6.45, 7) is 8.64. The van der Waals surface area contributed by atoms with Crippen LogP contribution in [0.3, 0.4) is 0 Å². The van der Waals surface area contributed by atoms with Crippen molar-refractivity contribution < 1.29 is 9.47 Å². The van der Waals surface area contributed by atoms with Gasteiger partial charge in [-0.25, -0.2) is 0 Å². The van der Waals surface area contributed by atoms with Crippen LogP contribution in [-0.2, 0) is 13.2 Å². The van der Waals surface area contributed by atoms with E-state index >= 15 is 0 Å². The fourth-order valence-electron chi connectivity index (χ4n) is 2.45. The second kappa shape index (κ2) is 10.3. The maximum atomic E-state index is 6.46. The predicted molar refractivity (Wildman–Crippen MR) is 110 cm³/mol. The topological polar surface area (TPSA) is 30.5 Å². The Morgan fingerprint density at radius 1 is 1.00 bits per heavy atom. The molecule has 0 heterocycles. The average molecular weight is 417 g/mol. The summed E-state index contributed by atoms with van der Waals surface area (Å²) < 4.78 is 11.7. The van der Waals surface area contributed by atoms with E-state index in [0.717, 1.165) is 17.7 Å². The Balaban J connectivity index is 2.18. The molecule has 6 heteroatoms. The average Bonchev–Trinajstić information content (AvgIpc) is 2.56. The van der Waals surface area contributed by atoms with Gasteiger partial charge >= 0.3 is 0 Å². The molecule has 0 spiro atoms. The van der Waals surface area contributed by atoms with Crippen LogP contribution in [0.25, 0.3) is 0 Å². The van der Waals surface area contributed by atoms with Gasteiger partial charge in [0.15, 0.2) is 11.5 Å². The summed E-state index contributed by atoms with van der Waals surface area (Å²) in [5.74, 6) is 1.70. The third-order valence-corrected chi connectivity index (χ3v) is 4.66. The van der Waals surface area contributed by atoms with Crippen molar-refractivity contribution in [3.63, 3.8) is 0 Å². The lowest BCUT2D eigenvalue weighted by atomic mass is 10.1. The Kier molecular flexibility index (Phi) is 8.36. The van der Waals surface area contributed by atoms with E-state index in [9.17, 15) is 0 Å². The van der Waals surface area contributed by atoms with Crippen molar-refractivity contribution in [1.82, 2.24) is 5.32 Å². The van der Waals surface area contributed by atoms with E-state index < -0.39 is 0 Å². The van der Waals surface area contributed by atoms with Crippen molar-refractivity contribution in [3.8, 4) is 11.5 Å². The Labute approximate surface area is 170 Å². The molecule has 142 valence electrons. The molecule has 0 aliphatic rings. The third kappa shape index (κ3) is 5.95. The Hall–Kier alpha value is -1.13. The van der Waals surface area contributed by atoms with E-state index in [4.69, 9.17) is 44.3 Å². The van der Waals surface area contributed by atoms with E-state index in [2.05, 4.69) is 19.2 Å². The van der Waals surface area contributed by atoms with Crippen molar-refractivity contribution >= 4 is 34.8 Å². The molecule has 0 unspecified atom stereocenters. The number of benzene rings is 2. The van der Waals surface area contributed by atoms with Crippen molar-refractivity contribution in [2.24, 2.45) is 5.92 Å². The maximum absolute atomic E-state index is 6.46. The molecule has 0 aromatic heterocycles.